The first-order chi connectivity index (χ1) is 9.68. The maximum Gasteiger partial charge on any atom is 0.177 e. The summed E-state index contributed by atoms with van der Waals surface area (Å²) in [4.78, 5) is 0. The monoisotopic (exact) mass is 264 g/mol. The first kappa shape index (κ1) is 12.5. The molecular weight excluding hydrogens is 248 g/mol. The Morgan fingerprint density at radius 1 is 0.850 bits per heavy atom. The molecule has 1 aromatic heterocycles. The summed E-state index contributed by atoms with van der Waals surface area (Å²) in [6, 6.07) is 16.2. The number of nitrogens with two attached hydrogens (primary N) is 1. The van der Waals surface area contributed by atoms with Gasteiger partial charge in [-0.2, -0.15) is 0 Å². The minimum Gasteiger partial charge on any atom is -0.380 e. The second kappa shape index (κ2) is 4.85. The Labute approximate surface area is 118 Å². The molecule has 2 aromatic carbocycles. The molecule has 0 aliphatic heterocycles. The van der Waals surface area contributed by atoms with E-state index in [9.17, 15) is 0 Å². The minimum absolute atomic E-state index is 0.428. The van der Waals surface area contributed by atoms with E-state index < -0.39 is 0 Å². The molecule has 3 rings (SSSR count). The third kappa shape index (κ3) is 1.97. The first-order valence-corrected chi connectivity index (χ1v) is 6.55. The van der Waals surface area contributed by atoms with Crippen LogP contribution in [0, 0.1) is 13.8 Å². The van der Waals surface area contributed by atoms with Gasteiger partial charge in [-0.3, -0.25) is 0 Å². The average Bonchev–Trinajstić information content (AvgIpc) is 2.82. The molecule has 100 valence electrons. The second-order valence-electron chi connectivity index (χ2n) is 4.90. The molecule has 20 heavy (non-hydrogen) atoms. The fourth-order valence-corrected chi connectivity index (χ4v) is 2.43. The van der Waals surface area contributed by atoms with E-state index >= 15 is 0 Å². The van der Waals surface area contributed by atoms with Crippen LogP contribution in [-0.2, 0) is 0 Å². The summed E-state index contributed by atoms with van der Waals surface area (Å²) in [5.41, 5.74) is 11.3. The number of aryl methyl sites for hydroxylation is 2. The van der Waals surface area contributed by atoms with Crippen LogP contribution >= 0.6 is 0 Å². The highest BCUT2D eigenvalue weighted by atomic mass is 16.5. The summed E-state index contributed by atoms with van der Waals surface area (Å²) in [5.74, 6) is 1.16. The Balaban J connectivity index is 2.26. The third-order valence-electron chi connectivity index (χ3n) is 3.52. The highest BCUT2D eigenvalue weighted by molar-refractivity contribution is 5.88. The fourth-order valence-electron chi connectivity index (χ4n) is 2.43. The predicted molar refractivity (Wildman–Crippen MR) is 81.3 cm³/mol. The van der Waals surface area contributed by atoms with Crippen molar-refractivity contribution in [1.29, 1.82) is 0 Å². The molecule has 0 fully saturated rings. The number of rotatable bonds is 2. The number of hydrogen-bond acceptors (Lipinski definition) is 3. The van der Waals surface area contributed by atoms with Gasteiger partial charge in [-0.1, -0.05) is 53.7 Å². The van der Waals surface area contributed by atoms with Crippen molar-refractivity contribution in [3.8, 4) is 22.5 Å². The molecule has 0 aliphatic rings. The molecule has 0 radical (unpaired) electrons. The first-order valence-electron chi connectivity index (χ1n) is 6.55. The third-order valence-corrected chi connectivity index (χ3v) is 3.52. The lowest BCUT2D eigenvalue weighted by molar-refractivity contribution is 0.436. The van der Waals surface area contributed by atoms with Crippen LogP contribution in [0.15, 0.2) is 53.1 Å². The van der Waals surface area contributed by atoms with E-state index in [0.29, 0.717) is 5.82 Å². The van der Waals surface area contributed by atoms with E-state index in [1.807, 2.05) is 36.4 Å². The summed E-state index contributed by atoms with van der Waals surface area (Å²) in [5, 5.41) is 3.95. The normalized spacial score (nSPS) is 10.7. The Bertz CT molecular complexity index is 759. The highest BCUT2D eigenvalue weighted by Crippen LogP contribution is 2.38. The van der Waals surface area contributed by atoms with Gasteiger partial charge in [0, 0.05) is 5.56 Å². The van der Waals surface area contributed by atoms with Crippen molar-refractivity contribution in [2.75, 3.05) is 5.73 Å². The lowest BCUT2D eigenvalue weighted by Crippen LogP contribution is -1.91. The Hall–Kier alpha value is -2.55. The Morgan fingerprint density at radius 2 is 1.40 bits per heavy atom. The van der Waals surface area contributed by atoms with E-state index in [2.05, 4.69) is 31.1 Å². The maximum absolute atomic E-state index is 6.02. The van der Waals surface area contributed by atoms with Gasteiger partial charge >= 0.3 is 0 Å². The van der Waals surface area contributed by atoms with Crippen LogP contribution in [0.2, 0.25) is 0 Å². The van der Waals surface area contributed by atoms with Gasteiger partial charge in [-0.15, -0.1) is 0 Å². The molecule has 0 bridgehead atoms. The van der Waals surface area contributed by atoms with E-state index in [1.54, 1.807) is 0 Å². The van der Waals surface area contributed by atoms with Crippen molar-refractivity contribution in [2.45, 2.75) is 13.8 Å². The zero-order chi connectivity index (χ0) is 14.1. The van der Waals surface area contributed by atoms with Crippen molar-refractivity contribution < 1.29 is 4.52 Å². The fraction of sp³-hybridized carbons (Fsp3) is 0.118. The van der Waals surface area contributed by atoms with Crippen LogP contribution in [0.25, 0.3) is 22.5 Å². The van der Waals surface area contributed by atoms with Gasteiger partial charge in [0.25, 0.3) is 0 Å². The molecule has 0 aliphatic carbocycles. The number of aromatic nitrogens is 1. The quantitative estimate of drug-likeness (QED) is 0.754. The second-order valence-corrected chi connectivity index (χ2v) is 4.90. The molecule has 3 heteroatoms. The van der Waals surface area contributed by atoms with Crippen LogP contribution in [0.1, 0.15) is 11.1 Å². The Kier molecular flexibility index (Phi) is 3.03. The van der Waals surface area contributed by atoms with Crippen LogP contribution in [-0.4, -0.2) is 5.16 Å². The maximum atomic E-state index is 6.02. The van der Waals surface area contributed by atoms with E-state index in [0.717, 1.165) is 33.6 Å². The van der Waals surface area contributed by atoms with Crippen LogP contribution < -0.4 is 5.73 Å². The molecule has 0 spiro atoms. The number of hydrogen-bond donors (Lipinski definition) is 1. The van der Waals surface area contributed by atoms with Crippen molar-refractivity contribution in [1.82, 2.24) is 5.16 Å². The van der Waals surface area contributed by atoms with E-state index in [1.165, 1.54) is 0 Å². The van der Waals surface area contributed by atoms with Crippen LogP contribution in [0.3, 0.4) is 0 Å². The van der Waals surface area contributed by atoms with Gasteiger partial charge in [-0.25, -0.2) is 0 Å². The summed E-state index contributed by atoms with van der Waals surface area (Å²) in [6.07, 6.45) is 0. The standard InChI is InChI=1S/C17H16N2O/c1-11-7-3-5-9-13(11)15-16(20-19-17(15)18)14-10-6-4-8-12(14)2/h3-10H,1-2H3,(H2,18,19). The summed E-state index contributed by atoms with van der Waals surface area (Å²) < 4.78 is 5.50. The van der Waals surface area contributed by atoms with Crippen molar-refractivity contribution >= 4 is 5.82 Å². The molecule has 0 saturated heterocycles. The molecule has 0 atom stereocenters. The minimum atomic E-state index is 0.428. The van der Waals surface area contributed by atoms with E-state index in [4.69, 9.17) is 10.3 Å². The largest absolute Gasteiger partial charge is 0.380 e. The molecular formula is C17H16N2O. The zero-order valence-electron chi connectivity index (χ0n) is 11.6. The van der Waals surface area contributed by atoms with Gasteiger partial charge in [0.15, 0.2) is 11.6 Å². The van der Waals surface area contributed by atoms with Gasteiger partial charge in [-0.05, 0) is 30.5 Å². The van der Waals surface area contributed by atoms with Gasteiger partial charge in [0.1, 0.15) is 0 Å². The number of anilines is 1. The predicted octanol–water partition coefficient (Wildman–Crippen LogP) is 4.21. The smallest absolute Gasteiger partial charge is 0.177 e. The van der Waals surface area contributed by atoms with Crippen molar-refractivity contribution in [3.05, 3.63) is 59.7 Å². The number of benzene rings is 2. The van der Waals surface area contributed by atoms with Crippen LogP contribution in [0.4, 0.5) is 5.82 Å². The molecule has 3 nitrogen and oxygen atoms in total. The van der Waals surface area contributed by atoms with Gasteiger partial charge in [0.2, 0.25) is 0 Å². The van der Waals surface area contributed by atoms with E-state index in [-0.39, 0.29) is 0 Å². The lowest BCUT2D eigenvalue weighted by Gasteiger charge is -2.07. The van der Waals surface area contributed by atoms with Gasteiger partial charge in [0.05, 0.1) is 5.56 Å². The van der Waals surface area contributed by atoms with Gasteiger partial charge < -0.3 is 10.3 Å². The average molecular weight is 264 g/mol. The van der Waals surface area contributed by atoms with Crippen LogP contribution in [0.5, 0.6) is 0 Å². The number of nitrogen functional groups attached to an aromatic ring is 1. The SMILES string of the molecule is Cc1ccccc1-c1onc(N)c1-c1ccccc1C. The molecule has 3 aromatic rings. The van der Waals surface area contributed by atoms with Crippen molar-refractivity contribution in [2.24, 2.45) is 0 Å². The lowest BCUT2D eigenvalue weighted by atomic mass is 9.96. The molecule has 0 unspecified atom stereocenters. The molecule has 1 heterocycles. The summed E-state index contributed by atoms with van der Waals surface area (Å²) in [7, 11) is 0. The molecule has 2 N–H and O–H groups in total. The highest BCUT2D eigenvalue weighted by Gasteiger charge is 2.19. The summed E-state index contributed by atoms with van der Waals surface area (Å²) >= 11 is 0. The molecule has 0 saturated carbocycles. The Morgan fingerprint density at radius 3 is 2.00 bits per heavy atom. The molecule has 0 amide bonds. The summed E-state index contributed by atoms with van der Waals surface area (Å²) in [6.45, 7) is 4.11. The zero-order valence-corrected chi connectivity index (χ0v) is 11.6. The topological polar surface area (TPSA) is 52.0 Å². The number of nitrogens with zero attached hydrogens (tertiary/aromatic N) is 1. The van der Waals surface area contributed by atoms with Crippen molar-refractivity contribution in [3.63, 3.8) is 0 Å².